The zero-order chi connectivity index (χ0) is 8.93. The van der Waals surface area contributed by atoms with Crippen molar-refractivity contribution in [2.24, 2.45) is 17.3 Å². The molecule has 0 bridgehead atoms. The van der Waals surface area contributed by atoms with Gasteiger partial charge in [-0.1, -0.05) is 23.2 Å². The van der Waals surface area contributed by atoms with E-state index in [4.69, 9.17) is 0 Å². The van der Waals surface area contributed by atoms with Crippen molar-refractivity contribution in [3.63, 3.8) is 0 Å². The fourth-order valence-corrected chi connectivity index (χ4v) is 3.35. The lowest BCUT2D eigenvalue weighted by molar-refractivity contribution is -0.113. The van der Waals surface area contributed by atoms with Gasteiger partial charge >= 0.3 is 0 Å². The van der Waals surface area contributed by atoms with Gasteiger partial charge in [-0.15, -0.1) is 0 Å². The lowest BCUT2D eigenvalue weighted by atomic mass is 9.56. The summed E-state index contributed by atoms with van der Waals surface area (Å²) in [7, 11) is 2.67. The first kappa shape index (κ1) is 8.65. The van der Waals surface area contributed by atoms with Gasteiger partial charge in [-0.25, -0.2) is 0 Å². The third kappa shape index (κ3) is 0.978. The lowest BCUT2D eigenvalue weighted by Crippen LogP contribution is -2.45. The Morgan fingerprint density at radius 3 is 2.67 bits per heavy atom. The van der Waals surface area contributed by atoms with Crippen molar-refractivity contribution in [1.82, 2.24) is 4.67 Å². The van der Waals surface area contributed by atoms with Gasteiger partial charge in [0.15, 0.2) is 0 Å². The summed E-state index contributed by atoms with van der Waals surface area (Å²) >= 11 is 0. The van der Waals surface area contributed by atoms with Gasteiger partial charge in [0, 0.05) is 6.54 Å². The Balaban J connectivity index is 2.14. The smallest absolute Gasteiger partial charge is 0.137 e. The highest BCUT2D eigenvalue weighted by molar-refractivity contribution is 7.13. The van der Waals surface area contributed by atoms with Crippen LogP contribution in [0.3, 0.4) is 0 Å². The van der Waals surface area contributed by atoms with Crippen molar-refractivity contribution in [1.29, 1.82) is 0 Å². The average Bonchev–Trinajstić information content (AvgIpc) is 2.25. The molecule has 1 aliphatic carbocycles. The molecule has 12 heavy (non-hydrogen) atoms. The molecule has 4 unspecified atom stereocenters. The van der Waals surface area contributed by atoms with E-state index in [1.165, 1.54) is 6.42 Å². The highest BCUT2D eigenvalue weighted by Gasteiger charge is 2.55. The summed E-state index contributed by atoms with van der Waals surface area (Å²) in [4.78, 5) is 10.8. The number of hydrogen-bond acceptors (Lipinski definition) is 2. The first-order chi connectivity index (χ1) is 5.56. The lowest BCUT2D eigenvalue weighted by Gasteiger charge is -2.48. The number of carbonyl (C=O) groups is 1. The van der Waals surface area contributed by atoms with E-state index < -0.39 is 0 Å². The maximum atomic E-state index is 10.8. The highest BCUT2D eigenvalue weighted by Crippen LogP contribution is 2.57. The van der Waals surface area contributed by atoms with Crippen molar-refractivity contribution in [3.05, 3.63) is 0 Å². The van der Waals surface area contributed by atoms with Crippen LogP contribution in [0.4, 0.5) is 0 Å². The fourth-order valence-electron chi connectivity index (χ4n) is 2.84. The summed E-state index contributed by atoms with van der Waals surface area (Å²) < 4.78 is 2.12. The SMILES string of the molecule is CC1(C)CC2C(C=O)N(P)CC21. The van der Waals surface area contributed by atoms with Crippen LogP contribution in [0.2, 0.25) is 0 Å². The molecule has 1 aliphatic heterocycles. The van der Waals surface area contributed by atoms with Gasteiger partial charge in [0.05, 0.1) is 6.04 Å². The van der Waals surface area contributed by atoms with E-state index in [0.29, 0.717) is 11.3 Å². The van der Waals surface area contributed by atoms with E-state index in [2.05, 4.69) is 27.9 Å². The molecular formula is C9H16NOP. The molecule has 1 saturated heterocycles. The number of fused-ring (bicyclic) bond motifs is 1. The van der Waals surface area contributed by atoms with Gasteiger partial charge in [0.2, 0.25) is 0 Å². The Bertz CT molecular complexity index is 217. The molecule has 2 nitrogen and oxygen atoms in total. The fraction of sp³-hybridized carbons (Fsp3) is 0.889. The molecule has 3 heteroatoms. The van der Waals surface area contributed by atoms with Gasteiger partial charge in [-0.2, -0.15) is 0 Å². The number of rotatable bonds is 1. The van der Waals surface area contributed by atoms with Crippen LogP contribution in [0.25, 0.3) is 0 Å². The van der Waals surface area contributed by atoms with E-state index in [0.717, 1.165) is 18.7 Å². The molecule has 0 amide bonds. The Morgan fingerprint density at radius 1 is 1.58 bits per heavy atom. The van der Waals surface area contributed by atoms with Crippen molar-refractivity contribution in [3.8, 4) is 0 Å². The molecule has 0 aromatic rings. The zero-order valence-electron chi connectivity index (χ0n) is 7.66. The van der Waals surface area contributed by atoms with Crippen LogP contribution in [0, 0.1) is 17.3 Å². The summed E-state index contributed by atoms with van der Waals surface area (Å²) in [6.07, 6.45) is 2.32. The second kappa shape index (κ2) is 2.52. The molecule has 4 atom stereocenters. The van der Waals surface area contributed by atoms with Gasteiger partial charge in [-0.05, 0) is 23.7 Å². The molecular weight excluding hydrogens is 169 g/mol. The van der Waals surface area contributed by atoms with Crippen LogP contribution in [0.5, 0.6) is 0 Å². The molecule has 2 rings (SSSR count). The standard InChI is InChI=1S/C9H16NOP/c1-9(2)3-6-7(9)4-10(12)8(6)5-11/h5-8H,3-4,12H2,1-2H3. The van der Waals surface area contributed by atoms with Gasteiger partial charge in [0.1, 0.15) is 6.29 Å². The molecule has 2 fully saturated rings. The van der Waals surface area contributed by atoms with Gasteiger partial charge < -0.3 is 4.79 Å². The van der Waals surface area contributed by atoms with Crippen LogP contribution >= 0.6 is 9.39 Å². The molecule has 0 aromatic heterocycles. The first-order valence-corrected chi connectivity index (χ1v) is 5.04. The minimum atomic E-state index is 0.174. The minimum Gasteiger partial charge on any atom is -0.302 e. The van der Waals surface area contributed by atoms with Crippen LogP contribution < -0.4 is 0 Å². The highest BCUT2D eigenvalue weighted by atomic mass is 31.0. The maximum absolute atomic E-state index is 10.8. The summed E-state index contributed by atoms with van der Waals surface area (Å²) in [6.45, 7) is 5.69. The van der Waals surface area contributed by atoms with Crippen LogP contribution in [-0.4, -0.2) is 23.5 Å². The Kier molecular flexibility index (Phi) is 1.82. The predicted octanol–water partition coefficient (Wildman–Crippen LogP) is 1.32. The summed E-state index contributed by atoms with van der Waals surface area (Å²) in [5.74, 6) is 1.38. The quantitative estimate of drug-likeness (QED) is 0.453. The van der Waals surface area contributed by atoms with E-state index in [9.17, 15) is 4.79 Å². The molecule has 0 aromatic carbocycles. The molecule has 68 valence electrons. The molecule has 1 heterocycles. The van der Waals surface area contributed by atoms with Gasteiger partial charge in [0.25, 0.3) is 0 Å². The molecule has 2 aliphatic rings. The van der Waals surface area contributed by atoms with E-state index >= 15 is 0 Å². The Labute approximate surface area is 76.0 Å². The second-order valence-corrected chi connectivity index (χ2v) is 5.45. The van der Waals surface area contributed by atoms with E-state index in [1.54, 1.807) is 0 Å². The average molecular weight is 185 g/mol. The van der Waals surface area contributed by atoms with Gasteiger partial charge in [-0.3, -0.25) is 4.67 Å². The van der Waals surface area contributed by atoms with Crippen LogP contribution in [-0.2, 0) is 4.79 Å². The third-order valence-corrected chi connectivity index (χ3v) is 4.21. The van der Waals surface area contributed by atoms with E-state index in [1.807, 2.05) is 0 Å². The monoisotopic (exact) mass is 185 g/mol. The van der Waals surface area contributed by atoms with Crippen molar-refractivity contribution in [2.75, 3.05) is 6.54 Å². The summed E-state index contributed by atoms with van der Waals surface area (Å²) in [5, 5.41) is 0. The molecule has 1 saturated carbocycles. The van der Waals surface area contributed by atoms with Crippen molar-refractivity contribution in [2.45, 2.75) is 26.3 Å². The number of hydrogen-bond donors (Lipinski definition) is 0. The van der Waals surface area contributed by atoms with Crippen LogP contribution in [0.1, 0.15) is 20.3 Å². The summed E-state index contributed by atoms with van der Waals surface area (Å²) in [6, 6.07) is 0.174. The first-order valence-electron chi connectivity index (χ1n) is 4.53. The number of carbonyl (C=O) groups excluding carboxylic acids is 1. The second-order valence-electron chi connectivity index (χ2n) is 4.79. The largest absolute Gasteiger partial charge is 0.302 e. The number of aldehydes is 1. The Morgan fingerprint density at radius 2 is 2.25 bits per heavy atom. The normalized spacial score (nSPS) is 45.1. The predicted molar refractivity (Wildman–Crippen MR) is 51.6 cm³/mol. The topological polar surface area (TPSA) is 20.3 Å². The third-order valence-electron chi connectivity index (χ3n) is 3.65. The number of nitrogens with zero attached hydrogens (tertiary/aromatic N) is 1. The molecule has 0 radical (unpaired) electrons. The van der Waals surface area contributed by atoms with Crippen LogP contribution in [0.15, 0.2) is 0 Å². The van der Waals surface area contributed by atoms with Crippen molar-refractivity contribution < 1.29 is 4.79 Å². The summed E-state index contributed by atoms with van der Waals surface area (Å²) in [5.41, 5.74) is 0.469. The van der Waals surface area contributed by atoms with E-state index in [-0.39, 0.29) is 6.04 Å². The molecule has 0 spiro atoms. The Hall–Kier alpha value is 0.0600. The van der Waals surface area contributed by atoms with Crippen molar-refractivity contribution >= 4 is 15.7 Å². The molecule has 0 N–H and O–H groups in total. The minimum absolute atomic E-state index is 0.174. The maximum Gasteiger partial charge on any atom is 0.137 e. The zero-order valence-corrected chi connectivity index (χ0v) is 8.81.